The zero-order valence-corrected chi connectivity index (χ0v) is 18.2. The van der Waals surface area contributed by atoms with Crippen molar-refractivity contribution in [1.29, 1.82) is 0 Å². The molecule has 30 heavy (non-hydrogen) atoms. The lowest BCUT2D eigenvalue weighted by molar-refractivity contribution is 0.172. The Hall–Kier alpha value is -2.77. The molecule has 6 nitrogen and oxygen atoms in total. The zero-order chi connectivity index (χ0) is 20.8. The monoisotopic (exact) mass is 419 g/mol. The number of fused-ring (bicyclic) bond motifs is 3. The summed E-state index contributed by atoms with van der Waals surface area (Å²) in [6.07, 6.45) is 3.69. The van der Waals surface area contributed by atoms with Crippen LogP contribution in [0.2, 0.25) is 0 Å². The molecule has 0 aliphatic carbocycles. The minimum Gasteiger partial charge on any atom is -0.284 e. The number of aromatic nitrogens is 4. The van der Waals surface area contributed by atoms with Crippen LogP contribution in [0.4, 0.5) is 0 Å². The molecule has 4 aromatic rings. The second kappa shape index (κ2) is 7.49. The van der Waals surface area contributed by atoms with Gasteiger partial charge in [0.25, 0.3) is 5.56 Å². The normalized spacial score (nSPS) is 15.3. The molecule has 0 spiro atoms. The molecule has 2 aromatic carbocycles. The maximum atomic E-state index is 13.5. The van der Waals surface area contributed by atoms with Crippen LogP contribution in [-0.4, -0.2) is 36.7 Å². The van der Waals surface area contributed by atoms with E-state index < -0.39 is 0 Å². The third kappa shape index (κ3) is 3.09. The zero-order valence-electron chi connectivity index (χ0n) is 17.3. The number of benzene rings is 2. The van der Waals surface area contributed by atoms with E-state index in [-0.39, 0.29) is 5.56 Å². The summed E-state index contributed by atoms with van der Waals surface area (Å²) in [4.78, 5) is 15.9. The van der Waals surface area contributed by atoms with Gasteiger partial charge in [-0.15, -0.1) is 5.10 Å². The van der Waals surface area contributed by atoms with Gasteiger partial charge >= 0.3 is 0 Å². The molecule has 0 unspecified atom stereocenters. The van der Waals surface area contributed by atoms with Crippen molar-refractivity contribution < 1.29 is 0 Å². The van der Waals surface area contributed by atoms with Crippen LogP contribution in [0.3, 0.4) is 0 Å². The number of nitrogens with zero attached hydrogens (tertiary/aromatic N) is 5. The molecule has 0 N–H and O–H groups in total. The highest BCUT2D eigenvalue weighted by atomic mass is 32.1. The lowest BCUT2D eigenvalue weighted by Gasteiger charge is -2.25. The molecule has 1 saturated heterocycles. The van der Waals surface area contributed by atoms with Gasteiger partial charge in [-0.3, -0.25) is 14.1 Å². The summed E-state index contributed by atoms with van der Waals surface area (Å²) in [6.45, 7) is 6.84. The molecule has 0 saturated carbocycles. The molecule has 0 radical (unpaired) electrons. The predicted octanol–water partition coefficient (Wildman–Crippen LogP) is 4.23. The first-order valence-corrected chi connectivity index (χ1v) is 10.9. The van der Waals surface area contributed by atoms with Gasteiger partial charge in [0.2, 0.25) is 10.5 Å². The first kappa shape index (κ1) is 19.2. The summed E-state index contributed by atoms with van der Waals surface area (Å²) in [5, 5.41) is 5.49. The van der Waals surface area contributed by atoms with Gasteiger partial charge in [-0.1, -0.05) is 36.2 Å². The standard InChI is InChI=1S/C23H25N5OS/c1-16-10-11-19(17(2)14-16)27-21(29)18-8-4-5-9-20(18)28-22(27)24-26(23(28)30)15-25-12-6-3-7-13-25/h4-5,8-11,14H,3,6-7,12-13,15H2,1-2H3. The van der Waals surface area contributed by atoms with E-state index in [1.807, 2.05) is 52.4 Å². The summed E-state index contributed by atoms with van der Waals surface area (Å²) < 4.78 is 6.13. The van der Waals surface area contributed by atoms with Crippen LogP contribution >= 0.6 is 12.2 Å². The van der Waals surface area contributed by atoms with Crippen molar-refractivity contribution in [3.63, 3.8) is 0 Å². The third-order valence-corrected chi connectivity index (χ3v) is 6.37. The molecular formula is C23H25N5OS. The summed E-state index contributed by atoms with van der Waals surface area (Å²) >= 11 is 5.85. The number of hydrogen-bond acceptors (Lipinski definition) is 4. The van der Waals surface area contributed by atoms with E-state index in [1.165, 1.54) is 19.3 Å². The van der Waals surface area contributed by atoms with Crippen LogP contribution < -0.4 is 5.56 Å². The van der Waals surface area contributed by atoms with Gasteiger partial charge in [-0.25, -0.2) is 9.25 Å². The molecule has 2 aromatic heterocycles. The van der Waals surface area contributed by atoms with Crippen molar-refractivity contribution in [1.82, 2.24) is 23.6 Å². The van der Waals surface area contributed by atoms with Crippen LogP contribution in [0.25, 0.3) is 22.4 Å². The highest BCUT2D eigenvalue weighted by Crippen LogP contribution is 2.21. The predicted molar refractivity (Wildman–Crippen MR) is 122 cm³/mol. The Bertz CT molecular complexity index is 1370. The summed E-state index contributed by atoms with van der Waals surface area (Å²) in [7, 11) is 0. The van der Waals surface area contributed by atoms with Gasteiger partial charge in [-0.2, -0.15) is 0 Å². The highest BCUT2D eigenvalue weighted by molar-refractivity contribution is 7.71. The second-order valence-corrected chi connectivity index (χ2v) is 8.55. The van der Waals surface area contributed by atoms with E-state index in [2.05, 4.69) is 17.9 Å². The van der Waals surface area contributed by atoms with Crippen molar-refractivity contribution in [2.45, 2.75) is 39.8 Å². The SMILES string of the molecule is Cc1ccc(-n2c(=O)c3ccccc3n3c(=S)n(CN4CCCCC4)nc23)c(C)c1. The number of para-hydroxylation sites is 1. The number of rotatable bonds is 3. The van der Waals surface area contributed by atoms with Crippen molar-refractivity contribution in [2.75, 3.05) is 13.1 Å². The fourth-order valence-corrected chi connectivity index (χ4v) is 4.75. The minimum absolute atomic E-state index is 0.0739. The molecule has 0 amide bonds. The van der Waals surface area contributed by atoms with Crippen LogP contribution in [-0.2, 0) is 6.67 Å². The number of likely N-dealkylation sites (tertiary alicyclic amines) is 1. The average molecular weight is 420 g/mol. The summed E-state index contributed by atoms with van der Waals surface area (Å²) in [6, 6.07) is 13.7. The number of hydrogen-bond donors (Lipinski definition) is 0. The first-order valence-electron chi connectivity index (χ1n) is 10.5. The minimum atomic E-state index is -0.0739. The quantitative estimate of drug-likeness (QED) is 0.466. The van der Waals surface area contributed by atoms with Crippen molar-refractivity contribution >= 4 is 28.9 Å². The molecule has 3 heterocycles. The Balaban J connectivity index is 1.82. The lowest BCUT2D eigenvalue weighted by atomic mass is 10.1. The smallest absolute Gasteiger partial charge is 0.267 e. The van der Waals surface area contributed by atoms with Gasteiger partial charge in [-0.05, 0) is 75.8 Å². The van der Waals surface area contributed by atoms with Crippen LogP contribution in [0.15, 0.2) is 47.3 Å². The molecule has 0 bridgehead atoms. The van der Waals surface area contributed by atoms with Gasteiger partial charge in [0.1, 0.15) is 0 Å². The lowest BCUT2D eigenvalue weighted by Crippen LogP contribution is -2.32. The van der Waals surface area contributed by atoms with E-state index in [0.29, 0.717) is 22.6 Å². The highest BCUT2D eigenvalue weighted by Gasteiger charge is 2.19. The fourth-order valence-electron chi connectivity index (χ4n) is 4.47. The van der Waals surface area contributed by atoms with E-state index in [1.54, 1.807) is 4.57 Å². The van der Waals surface area contributed by atoms with Gasteiger partial charge < -0.3 is 0 Å². The van der Waals surface area contributed by atoms with E-state index in [9.17, 15) is 4.79 Å². The molecule has 7 heteroatoms. The molecule has 0 atom stereocenters. The van der Waals surface area contributed by atoms with Crippen molar-refractivity contribution in [3.8, 4) is 5.69 Å². The van der Waals surface area contributed by atoms with Crippen molar-refractivity contribution in [3.05, 3.63) is 68.7 Å². The molecule has 154 valence electrons. The van der Waals surface area contributed by atoms with Crippen molar-refractivity contribution in [2.24, 2.45) is 0 Å². The molecule has 1 aliphatic heterocycles. The van der Waals surface area contributed by atoms with Crippen LogP contribution in [0.5, 0.6) is 0 Å². The largest absolute Gasteiger partial charge is 0.284 e. The summed E-state index contributed by atoms with van der Waals surface area (Å²) in [5.41, 5.74) is 3.76. The average Bonchev–Trinajstić information content (AvgIpc) is 3.06. The summed E-state index contributed by atoms with van der Waals surface area (Å²) in [5.74, 6) is 0.563. The molecule has 5 rings (SSSR count). The molecule has 1 aliphatic rings. The Morgan fingerprint density at radius 2 is 1.80 bits per heavy atom. The van der Waals surface area contributed by atoms with E-state index in [4.69, 9.17) is 17.3 Å². The van der Waals surface area contributed by atoms with E-state index in [0.717, 1.165) is 35.4 Å². The maximum Gasteiger partial charge on any atom is 0.267 e. The fraction of sp³-hybridized carbons (Fsp3) is 0.348. The Kier molecular flexibility index (Phi) is 4.79. The molecular weight excluding hydrogens is 394 g/mol. The van der Waals surface area contributed by atoms with Gasteiger partial charge in [0, 0.05) is 0 Å². The van der Waals surface area contributed by atoms with Crippen LogP contribution in [0, 0.1) is 18.6 Å². The first-order chi connectivity index (χ1) is 14.5. The van der Waals surface area contributed by atoms with Gasteiger partial charge in [0.05, 0.1) is 23.3 Å². The molecule has 1 fully saturated rings. The van der Waals surface area contributed by atoms with Crippen LogP contribution in [0.1, 0.15) is 30.4 Å². The Morgan fingerprint density at radius 1 is 1.03 bits per heavy atom. The van der Waals surface area contributed by atoms with Gasteiger partial charge in [0.15, 0.2) is 0 Å². The second-order valence-electron chi connectivity index (χ2n) is 8.19. The number of aryl methyl sites for hydroxylation is 2. The topological polar surface area (TPSA) is 47.5 Å². The Morgan fingerprint density at radius 3 is 2.57 bits per heavy atom. The Labute approximate surface area is 180 Å². The maximum absolute atomic E-state index is 13.5. The van der Waals surface area contributed by atoms with E-state index >= 15 is 0 Å². The third-order valence-electron chi connectivity index (χ3n) is 5.98. The number of piperidine rings is 1.